The minimum Gasteiger partial charge on any atom is -0.447 e. The van der Waals surface area contributed by atoms with Gasteiger partial charge in [0, 0.05) is 13.1 Å². The summed E-state index contributed by atoms with van der Waals surface area (Å²) in [5.74, 6) is 1.30. The van der Waals surface area contributed by atoms with Crippen LogP contribution < -0.4 is 10.6 Å². The van der Waals surface area contributed by atoms with E-state index in [2.05, 4.69) is 93.4 Å². The third-order valence-corrected chi connectivity index (χ3v) is 14.9. The van der Waals surface area contributed by atoms with Crippen LogP contribution in [0.25, 0.3) is 44.3 Å². The molecule has 372 valence electrons. The fraction of sp³-hybridized carbons (Fsp3) is 0.455. The van der Waals surface area contributed by atoms with Crippen molar-refractivity contribution < 1.29 is 37.4 Å². The Kier molecular flexibility index (Phi) is 13.5. The molecule has 0 radical (unpaired) electrons. The van der Waals surface area contributed by atoms with Gasteiger partial charge in [-0.2, -0.15) is 0 Å². The van der Waals surface area contributed by atoms with Gasteiger partial charge in [0.2, 0.25) is 11.8 Å². The lowest BCUT2D eigenvalue weighted by atomic mass is 9.87. The summed E-state index contributed by atoms with van der Waals surface area (Å²) >= 11 is 0. The van der Waals surface area contributed by atoms with Crippen molar-refractivity contribution in [1.82, 2.24) is 40.4 Å². The number of H-pyrrole nitrogens is 2. The number of hydrogen-bond donors (Lipinski definition) is 4. The number of aromatic nitrogens is 4. The molecule has 3 fully saturated rings. The second-order valence-corrected chi connectivity index (χ2v) is 20.3. The largest absolute Gasteiger partial charge is 0.447 e. The zero-order valence-electron chi connectivity index (χ0n) is 40.7. The number of likely N-dealkylation sites (tertiary alicyclic amines) is 2. The highest BCUT2D eigenvalue weighted by Crippen LogP contribution is 2.57. The van der Waals surface area contributed by atoms with Crippen LogP contribution in [0.3, 0.4) is 0 Å². The topological polar surface area (TPSA) is 175 Å². The average Bonchev–Trinajstić information content (AvgIpc) is 3.84. The van der Waals surface area contributed by atoms with Crippen LogP contribution in [0.1, 0.15) is 118 Å². The van der Waals surface area contributed by atoms with Gasteiger partial charge in [-0.25, -0.2) is 28.3 Å². The third-order valence-electron chi connectivity index (χ3n) is 14.9. The van der Waals surface area contributed by atoms with Crippen LogP contribution >= 0.6 is 0 Å². The predicted octanol–water partition coefficient (Wildman–Crippen LogP) is 9.91. The first-order valence-corrected chi connectivity index (χ1v) is 25.2. The van der Waals surface area contributed by atoms with Gasteiger partial charge in [-0.1, -0.05) is 76.2 Å². The molecule has 14 nitrogen and oxygen atoms in total. The average molecular weight is 969 g/mol. The normalized spacial score (nSPS) is 20.3. The van der Waals surface area contributed by atoms with Gasteiger partial charge in [-0.15, -0.1) is 0 Å². The Morgan fingerprint density at radius 2 is 1.21 bits per heavy atom. The quantitative estimate of drug-likeness (QED) is 0.0835. The number of imidazole rings is 2. The van der Waals surface area contributed by atoms with E-state index in [1.165, 1.54) is 33.4 Å². The van der Waals surface area contributed by atoms with E-state index < -0.39 is 37.6 Å². The maximum absolute atomic E-state index is 13.9. The third kappa shape index (κ3) is 9.69. The Balaban J connectivity index is 0.876. The number of carbonyl (C=O) groups excluding carboxylic acids is 4. The lowest BCUT2D eigenvalue weighted by molar-refractivity contribution is -0.136. The fourth-order valence-electron chi connectivity index (χ4n) is 11.2. The van der Waals surface area contributed by atoms with Gasteiger partial charge in [-0.05, 0) is 137 Å². The number of aromatic amines is 2. The van der Waals surface area contributed by atoms with Crippen LogP contribution in [0.15, 0.2) is 72.8 Å². The van der Waals surface area contributed by atoms with E-state index in [0.29, 0.717) is 36.6 Å². The molecule has 2 saturated heterocycles. The summed E-state index contributed by atoms with van der Waals surface area (Å²) in [4.78, 5) is 73.3. The first-order chi connectivity index (χ1) is 34.4. The molecular weight excluding hydrogens is 907 g/mol. The molecule has 7 aliphatic rings. The number of carbonyl (C=O) groups is 4. The Bertz CT molecular complexity index is 2990. The van der Waals surface area contributed by atoms with Crippen LogP contribution in [0.4, 0.5) is 18.4 Å². The minimum absolute atomic E-state index is 0.207. The summed E-state index contributed by atoms with van der Waals surface area (Å²) in [6, 6.07) is 24.5. The summed E-state index contributed by atoms with van der Waals surface area (Å²) in [6.07, 6.45) is 4.19. The molecule has 4 N–H and O–H groups in total. The van der Waals surface area contributed by atoms with Crippen LogP contribution in [-0.4, -0.2) is 105 Å². The van der Waals surface area contributed by atoms with E-state index in [-0.39, 0.29) is 48.9 Å². The molecule has 71 heavy (non-hydrogen) atoms. The molecule has 2 aliphatic heterocycles. The van der Waals surface area contributed by atoms with Crippen molar-refractivity contribution in [2.75, 3.05) is 39.7 Å². The van der Waals surface area contributed by atoms with Crippen molar-refractivity contribution >= 4 is 46.1 Å². The number of amides is 4. The molecule has 13 rings (SSSR count). The van der Waals surface area contributed by atoms with E-state index >= 15 is 0 Å². The first-order valence-electron chi connectivity index (χ1n) is 25.2. The number of rotatable bonds is 14. The lowest BCUT2D eigenvalue weighted by Gasteiger charge is -2.30. The molecule has 1 unspecified atom stereocenters. The second-order valence-electron chi connectivity index (χ2n) is 20.3. The Labute approximate surface area is 411 Å². The SMILES string of the molecule is CC(C)[C@H](NC(=O)OCCF)C(=O)N1CCC[C@H]1c1nc2ccc(-c3cc4ccc3CCc3ccc(c(-c5ccc6nc([C@@H]7CCCN7C(=O)[C@@H](NC(=O)OCCF)C(C)C)[nH]c6c5)c3)[C@H]3CC43)cc2[nH]1. The number of benzene rings is 4. The Morgan fingerprint density at radius 1 is 0.662 bits per heavy atom. The molecule has 4 bridgehead atoms. The van der Waals surface area contributed by atoms with Crippen molar-refractivity contribution in [1.29, 1.82) is 0 Å². The molecule has 1 saturated carbocycles. The molecule has 5 aliphatic carbocycles. The van der Waals surface area contributed by atoms with Crippen molar-refractivity contribution in [3.8, 4) is 22.3 Å². The first kappa shape index (κ1) is 47.8. The highest BCUT2D eigenvalue weighted by Gasteiger charge is 2.42. The molecule has 4 heterocycles. The van der Waals surface area contributed by atoms with Crippen molar-refractivity contribution in [2.24, 2.45) is 11.8 Å². The van der Waals surface area contributed by atoms with Crippen molar-refractivity contribution in [3.05, 3.63) is 107 Å². The second kappa shape index (κ2) is 20.1. The highest BCUT2D eigenvalue weighted by molar-refractivity contribution is 5.89. The number of hydrogen-bond acceptors (Lipinski definition) is 8. The predicted molar refractivity (Wildman–Crippen MR) is 266 cm³/mol. The van der Waals surface area contributed by atoms with Crippen molar-refractivity contribution in [3.63, 3.8) is 0 Å². The zero-order valence-corrected chi connectivity index (χ0v) is 40.7. The zero-order chi connectivity index (χ0) is 49.5. The minimum atomic E-state index is -0.818. The number of nitrogens with one attached hydrogen (secondary N) is 4. The molecular formula is C55H62F2N8O6. The molecule has 2 aromatic heterocycles. The van der Waals surface area contributed by atoms with Gasteiger partial charge >= 0.3 is 12.2 Å². The van der Waals surface area contributed by atoms with Crippen LogP contribution in [-0.2, 0) is 31.9 Å². The Morgan fingerprint density at radius 3 is 1.75 bits per heavy atom. The number of fused-ring (bicyclic) bond motifs is 2. The molecule has 0 spiro atoms. The molecule has 4 aromatic carbocycles. The number of aryl methyl sites for hydroxylation is 2. The number of alkyl carbamates (subject to hydrolysis) is 2. The van der Waals surface area contributed by atoms with Gasteiger partial charge in [0.15, 0.2) is 0 Å². The van der Waals surface area contributed by atoms with Crippen molar-refractivity contribution in [2.45, 2.75) is 109 Å². The van der Waals surface area contributed by atoms with Crippen LogP contribution in [0, 0.1) is 11.8 Å². The van der Waals surface area contributed by atoms with E-state index in [1.807, 2.05) is 27.7 Å². The summed E-state index contributed by atoms with van der Waals surface area (Å²) in [5, 5.41) is 5.32. The van der Waals surface area contributed by atoms with Crippen LogP contribution in [0.2, 0.25) is 0 Å². The van der Waals surface area contributed by atoms with E-state index in [4.69, 9.17) is 19.4 Å². The lowest BCUT2D eigenvalue weighted by Crippen LogP contribution is -2.51. The monoisotopic (exact) mass is 968 g/mol. The standard InChI is InChI=1S/C55H62F2N8O6/c1-30(2)48(62-54(68)70-23-19-56)52(66)64-21-5-7-46(64)50-58-42-17-14-35(27-44(42)60-50)38-26-34-13-12-33(38)11-9-32-10-16-37(41-29-40(34)41)39(25-32)36-15-18-43-45(28-36)61-51(59-43)47-8-6-22-65(47)53(67)49(31(3)4)63-55(69)71-24-20-57/h10,12-18,25-28,30-31,40-41,46-49H,5-9,11,19-24,29H2,1-4H3,(H,58,60)(H,59,61)(H,62,68)(H,63,69)/t40?,41-,46+,47+,48+,49+/m1/s1. The van der Waals surface area contributed by atoms with Gasteiger partial charge in [0.25, 0.3) is 0 Å². The number of alkyl halides is 2. The molecule has 16 heteroatoms. The van der Waals surface area contributed by atoms with E-state index in [0.717, 1.165) is 78.1 Å². The summed E-state index contributed by atoms with van der Waals surface area (Å²) in [5.41, 5.74) is 13.2. The van der Waals surface area contributed by atoms with E-state index in [9.17, 15) is 28.0 Å². The maximum atomic E-state index is 13.9. The summed E-state index contributed by atoms with van der Waals surface area (Å²) in [6.45, 7) is 6.21. The smallest absolute Gasteiger partial charge is 0.407 e. The number of nitrogens with zero attached hydrogens (tertiary/aromatic N) is 4. The van der Waals surface area contributed by atoms with Gasteiger partial charge < -0.3 is 39.9 Å². The molecule has 4 amide bonds. The number of halogens is 2. The fourth-order valence-corrected chi connectivity index (χ4v) is 11.2. The summed E-state index contributed by atoms with van der Waals surface area (Å²) < 4.78 is 35.1. The highest BCUT2D eigenvalue weighted by atomic mass is 19.1. The Hall–Kier alpha value is -6.84. The van der Waals surface area contributed by atoms with Gasteiger partial charge in [-0.3, -0.25) is 9.59 Å². The number of ether oxygens (including phenoxy) is 2. The molecule has 6 aromatic rings. The maximum Gasteiger partial charge on any atom is 0.407 e. The van der Waals surface area contributed by atoms with E-state index in [1.54, 1.807) is 9.80 Å². The van der Waals surface area contributed by atoms with Gasteiger partial charge in [0.05, 0.1) is 34.2 Å². The molecule has 6 atom stereocenters. The van der Waals surface area contributed by atoms with Crippen LogP contribution in [0.5, 0.6) is 0 Å². The summed E-state index contributed by atoms with van der Waals surface area (Å²) in [7, 11) is 0. The van der Waals surface area contributed by atoms with Gasteiger partial charge in [0.1, 0.15) is 50.3 Å².